The summed E-state index contributed by atoms with van der Waals surface area (Å²) >= 11 is 0. The van der Waals surface area contributed by atoms with E-state index in [0.29, 0.717) is 6.61 Å². The van der Waals surface area contributed by atoms with Gasteiger partial charge in [0.05, 0.1) is 6.61 Å². The third-order valence-electron chi connectivity index (χ3n) is 3.10. The van der Waals surface area contributed by atoms with E-state index in [2.05, 4.69) is 30.4 Å². The maximum atomic E-state index is 5.93. The maximum absolute atomic E-state index is 5.93. The third-order valence-corrected chi connectivity index (χ3v) is 3.10. The minimum atomic E-state index is 0.0809. The fourth-order valence-corrected chi connectivity index (χ4v) is 1.99. The minimum absolute atomic E-state index is 0.0809. The topological polar surface area (TPSA) is 30.5 Å². The van der Waals surface area contributed by atoms with Gasteiger partial charge >= 0.3 is 0 Å². The lowest BCUT2D eigenvalue weighted by molar-refractivity contribution is 0.0913. The zero-order chi connectivity index (χ0) is 13.0. The molecule has 1 unspecified atom stereocenters. The molecule has 0 aliphatic heterocycles. The van der Waals surface area contributed by atoms with Crippen molar-refractivity contribution in [3.05, 3.63) is 29.3 Å². The van der Waals surface area contributed by atoms with Crippen LogP contribution < -0.4 is 10.1 Å². The lowest BCUT2D eigenvalue weighted by Crippen LogP contribution is -2.21. The van der Waals surface area contributed by atoms with E-state index in [1.54, 1.807) is 7.11 Å². The molecule has 0 radical (unpaired) electrons. The Kier molecular flexibility index (Phi) is 4.61. The summed E-state index contributed by atoms with van der Waals surface area (Å²) in [7, 11) is 1.70. The molecule has 0 bridgehead atoms. The summed E-state index contributed by atoms with van der Waals surface area (Å²) in [6, 6.07) is 7.07. The van der Waals surface area contributed by atoms with Gasteiger partial charge in [-0.15, -0.1) is 0 Å². The van der Waals surface area contributed by atoms with E-state index in [4.69, 9.17) is 9.47 Å². The third kappa shape index (κ3) is 4.00. The Hall–Kier alpha value is -1.06. The first-order valence-electron chi connectivity index (χ1n) is 6.67. The van der Waals surface area contributed by atoms with Gasteiger partial charge in [0.15, 0.2) is 0 Å². The normalized spacial score (nSPS) is 16.6. The molecule has 1 N–H and O–H groups in total. The molecule has 0 amide bonds. The van der Waals surface area contributed by atoms with E-state index in [9.17, 15) is 0 Å². The van der Waals surface area contributed by atoms with E-state index in [1.165, 1.54) is 24.0 Å². The van der Waals surface area contributed by atoms with Crippen molar-refractivity contribution in [2.45, 2.75) is 45.4 Å². The lowest BCUT2D eigenvalue weighted by atomic mass is 10.1. The molecule has 1 aliphatic rings. The summed E-state index contributed by atoms with van der Waals surface area (Å²) < 4.78 is 11.0. The van der Waals surface area contributed by atoms with Crippen LogP contribution in [-0.4, -0.2) is 25.9 Å². The van der Waals surface area contributed by atoms with E-state index in [1.807, 2.05) is 6.92 Å². The molecule has 1 aliphatic carbocycles. The predicted octanol–water partition coefficient (Wildman–Crippen LogP) is 2.66. The van der Waals surface area contributed by atoms with Crippen LogP contribution in [0.3, 0.4) is 0 Å². The number of hydrogen-bond acceptors (Lipinski definition) is 3. The molecular weight excluding hydrogens is 226 g/mol. The Morgan fingerprint density at radius 1 is 1.39 bits per heavy atom. The highest BCUT2D eigenvalue weighted by Crippen LogP contribution is 2.24. The highest BCUT2D eigenvalue weighted by Gasteiger charge is 2.20. The maximum Gasteiger partial charge on any atom is 0.124 e. The van der Waals surface area contributed by atoms with Crippen LogP contribution in [0.2, 0.25) is 0 Å². The van der Waals surface area contributed by atoms with Gasteiger partial charge in [-0.25, -0.2) is 0 Å². The average molecular weight is 249 g/mol. The molecular formula is C15H23NO2. The number of benzene rings is 1. The van der Waals surface area contributed by atoms with Crippen LogP contribution >= 0.6 is 0 Å². The van der Waals surface area contributed by atoms with E-state index < -0.39 is 0 Å². The molecule has 0 spiro atoms. The van der Waals surface area contributed by atoms with Gasteiger partial charge in [-0.3, -0.25) is 0 Å². The van der Waals surface area contributed by atoms with Gasteiger partial charge in [0.25, 0.3) is 0 Å². The van der Waals surface area contributed by atoms with Gasteiger partial charge in [-0.05, 0) is 32.8 Å². The molecule has 1 saturated carbocycles. The van der Waals surface area contributed by atoms with Crippen LogP contribution in [0.25, 0.3) is 0 Å². The molecule has 18 heavy (non-hydrogen) atoms. The van der Waals surface area contributed by atoms with E-state index in [0.717, 1.165) is 18.3 Å². The van der Waals surface area contributed by atoms with Gasteiger partial charge < -0.3 is 14.8 Å². The molecule has 1 atom stereocenters. The second kappa shape index (κ2) is 6.21. The van der Waals surface area contributed by atoms with Crippen LogP contribution in [0, 0.1) is 6.92 Å². The fraction of sp³-hybridized carbons (Fsp3) is 0.600. The first-order chi connectivity index (χ1) is 8.69. The number of methoxy groups -OCH3 is 1. The Balaban J connectivity index is 2.01. The number of rotatable bonds is 7. The van der Waals surface area contributed by atoms with Crippen LogP contribution in [0.1, 0.15) is 30.9 Å². The van der Waals surface area contributed by atoms with Crippen molar-refractivity contribution in [1.82, 2.24) is 5.32 Å². The summed E-state index contributed by atoms with van der Waals surface area (Å²) in [5, 5.41) is 3.53. The van der Waals surface area contributed by atoms with Crippen molar-refractivity contribution in [3.63, 3.8) is 0 Å². The van der Waals surface area contributed by atoms with Crippen molar-refractivity contribution in [2.24, 2.45) is 0 Å². The number of aryl methyl sites for hydroxylation is 1. The molecule has 0 aromatic heterocycles. The van der Waals surface area contributed by atoms with Crippen LogP contribution in [0.15, 0.2) is 18.2 Å². The summed E-state index contributed by atoms with van der Waals surface area (Å²) in [5.41, 5.74) is 2.51. The Labute approximate surface area is 109 Å². The molecule has 3 heteroatoms. The SMILES string of the molecule is COCC(C)Oc1ccc(C)cc1CNC1CC1. The fourth-order valence-electron chi connectivity index (χ4n) is 1.99. The monoisotopic (exact) mass is 249 g/mol. The number of hydrogen-bond donors (Lipinski definition) is 1. The Morgan fingerprint density at radius 3 is 2.83 bits per heavy atom. The molecule has 3 nitrogen and oxygen atoms in total. The van der Waals surface area contributed by atoms with E-state index >= 15 is 0 Å². The van der Waals surface area contributed by atoms with E-state index in [-0.39, 0.29) is 6.10 Å². The number of nitrogens with one attached hydrogen (secondary N) is 1. The van der Waals surface area contributed by atoms with Crippen LogP contribution in [-0.2, 0) is 11.3 Å². The minimum Gasteiger partial charge on any atom is -0.488 e. The second-order valence-corrected chi connectivity index (χ2v) is 5.15. The summed E-state index contributed by atoms with van der Waals surface area (Å²) in [6.45, 7) is 5.65. The van der Waals surface area contributed by atoms with Gasteiger partial charge in [0, 0.05) is 25.3 Å². The molecule has 2 rings (SSSR count). The van der Waals surface area contributed by atoms with Crippen LogP contribution in [0.5, 0.6) is 5.75 Å². The zero-order valence-corrected chi connectivity index (χ0v) is 11.5. The van der Waals surface area contributed by atoms with Crippen molar-refractivity contribution >= 4 is 0 Å². The molecule has 1 fully saturated rings. The molecule has 1 aromatic carbocycles. The van der Waals surface area contributed by atoms with Crippen molar-refractivity contribution in [2.75, 3.05) is 13.7 Å². The zero-order valence-electron chi connectivity index (χ0n) is 11.5. The van der Waals surface area contributed by atoms with Gasteiger partial charge in [-0.2, -0.15) is 0 Å². The van der Waals surface area contributed by atoms with Gasteiger partial charge in [-0.1, -0.05) is 17.7 Å². The summed E-state index contributed by atoms with van der Waals surface area (Å²) in [6.07, 6.45) is 2.70. The van der Waals surface area contributed by atoms with Crippen LogP contribution in [0.4, 0.5) is 0 Å². The average Bonchev–Trinajstić information content (AvgIpc) is 3.14. The van der Waals surface area contributed by atoms with Crippen molar-refractivity contribution < 1.29 is 9.47 Å². The standard InChI is InChI=1S/C15H23NO2/c1-11-4-7-15(18-12(2)10-17-3)13(8-11)9-16-14-5-6-14/h4,7-8,12,14,16H,5-6,9-10H2,1-3H3. The largest absolute Gasteiger partial charge is 0.488 e. The molecule has 1 aromatic rings. The molecule has 0 heterocycles. The molecule has 100 valence electrons. The van der Waals surface area contributed by atoms with Crippen molar-refractivity contribution in [1.29, 1.82) is 0 Å². The highest BCUT2D eigenvalue weighted by molar-refractivity contribution is 5.37. The predicted molar refractivity (Wildman–Crippen MR) is 73.0 cm³/mol. The first kappa shape index (κ1) is 13.4. The summed E-state index contributed by atoms with van der Waals surface area (Å²) in [5.74, 6) is 0.971. The smallest absolute Gasteiger partial charge is 0.124 e. The van der Waals surface area contributed by atoms with Gasteiger partial charge in [0.1, 0.15) is 11.9 Å². The number of ether oxygens (including phenoxy) is 2. The Bertz CT molecular complexity index is 388. The quantitative estimate of drug-likeness (QED) is 0.806. The lowest BCUT2D eigenvalue weighted by Gasteiger charge is -2.17. The van der Waals surface area contributed by atoms with Crippen molar-refractivity contribution in [3.8, 4) is 5.75 Å². The first-order valence-corrected chi connectivity index (χ1v) is 6.67. The Morgan fingerprint density at radius 2 is 2.17 bits per heavy atom. The summed E-state index contributed by atoms with van der Waals surface area (Å²) in [4.78, 5) is 0. The highest BCUT2D eigenvalue weighted by atomic mass is 16.5. The molecule has 0 saturated heterocycles. The van der Waals surface area contributed by atoms with Gasteiger partial charge in [0.2, 0.25) is 0 Å². The second-order valence-electron chi connectivity index (χ2n) is 5.15.